The molecular formula is C16H17NO5S. The second-order valence-corrected chi connectivity index (χ2v) is 6.50. The Balaban J connectivity index is 2.29. The molecule has 2 aromatic carbocycles. The Kier molecular flexibility index (Phi) is 4.90. The Morgan fingerprint density at radius 1 is 1.17 bits per heavy atom. The fraction of sp³-hybridized carbons (Fsp3) is 0.188. The first-order chi connectivity index (χ1) is 10.9. The van der Waals surface area contributed by atoms with E-state index in [9.17, 15) is 13.2 Å². The van der Waals surface area contributed by atoms with Crippen LogP contribution in [-0.2, 0) is 16.4 Å². The van der Waals surface area contributed by atoms with Gasteiger partial charge < -0.3 is 9.84 Å². The number of carboxylic acid groups (broad SMARTS) is 1. The van der Waals surface area contributed by atoms with Crippen molar-refractivity contribution in [1.82, 2.24) is 0 Å². The molecule has 0 saturated heterocycles. The molecule has 0 aliphatic heterocycles. The second kappa shape index (κ2) is 6.70. The molecule has 0 radical (unpaired) electrons. The number of rotatable bonds is 6. The fourth-order valence-electron chi connectivity index (χ4n) is 2.11. The van der Waals surface area contributed by atoms with Crippen molar-refractivity contribution < 1.29 is 23.1 Å². The van der Waals surface area contributed by atoms with Crippen LogP contribution in [0.3, 0.4) is 0 Å². The normalized spacial score (nSPS) is 11.0. The van der Waals surface area contributed by atoms with Gasteiger partial charge in [0.25, 0.3) is 10.0 Å². The van der Waals surface area contributed by atoms with Gasteiger partial charge in [0, 0.05) is 5.69 Å². The maximum absolute atomic E-state index is 12.3. The van der Waals surface area contributed by atoms with Gasteiger partial charge in [0.05, 0.1) is 17.6 Å². The van der Waals surface area contributed by atoms with Gasteiger partial charge in [-0.1, -0.05) is 6.92 Å². The summed E-state index contributed by atoms with van der Waals surface area (Å²) in [7, 11) is -2.23. The van der Waals surface area contributed by atoms with E-state index in [1.165, 1.54) is 24.3 Å². The lowest BCUT2D eigenvalue weighted by atomic mass is 10.1. The van der Waals surface area contributed by atoms with Gasteiger partial charge in [-0.25, -0.2) is 13.2 Å². The van der Waals surface area contributed by atoms with E-state index >= 15 is 0 Å². The highest BCUT2D eigenvalue weighted by Gasteiger charge is 2.16. The number of anilines is 1. The molecule has 0 atom stereocenters. The van der Waals surface area contributed by atoms with Gasteiger partial charge in [-0.2, -0.15) is 0 Å². The van der Waals surface area contributed by atoms with E-state index in [4.69, 9.17) is 9.84 Å². The standard InChI is InChI=1S/C16H17NO5S/c1-3-11-10-13(6-9-15(11)22-2)17-23(20,21)14-7-4-12(5-8-14)16(18)19/h4-10,17H,3H2,1-2H3,(H,18,19). The average molecular weight is 335 g/mol. The average Bonchev–Trinajstić information content (AvgIpc) is 2.54. The molecule has 2 aromatic rings. The molecule has 2 rings (SSSR count). The maximum atomic E-state index is 12.3. The minimum atomic E-state index is -3.78. The third-order valence-corrected chi connectivity index (χ3v) is 4.72. The number of benzene rings is 2. The summed E-state index contributed by atoms with van der Waals surface area (Å²) >= 11 is 0. The molecule has 0 heterocycles. The van der Waals surface area contributed by atoms with Crippen LogP contribution in [0.2, 0.25) is 0 Å². The highest BCUT2D eigenvalue weighted by Crippen LogP contribution is 2.25. The summed E-state index contributed by atoms with van der Waals surface area (Å²) in [5, 5.41) is 8.84. The maximum Gasteiger partial charge on any atom is 0.335 e. The summed E-state index contributed by atoms with van der Waals surface area (Å²) in [5.41, 5.74) is 1.33. The molecule has 0 amide bonds. The van der Waals surface area contributed by atoms with E-state index in [0.717, 1.165) is 5.56 Å². The zero-order chi connectivity index (χ0) is 17.0. The van der Waals surface area contributed by atoms with Gasteiger partial charge in [0.1, 0.15) is 5.75 Å². The van der Waals surface area contributed by atoms with Crippen molar-refractivity contribution in [1.29, 1.82) is 0 Å². The minimum Gasteiger partial charge on any atom is -0.496 e. The molecule has 0 aliphatic carbocycles. The first-order valence-electron chi connectivity index (χ1n) is 6.90. The lowest BCUT2D eigenvalue weighted by Crippen LogP contribution is -2.13. The van der Waals surface area contributed by atoms with Crippen LogP contribution >= 0.6 is 0 Å². The van der Waals surface area contributed by atoms with E-state index in [0.29, 0.717) is 17.9 Å². The number of aromatic carboxylic acids is 1. The Bertz CT molecular complexity index is 813. The lowest BCUT2D eigenvalue weighted by Gasteiger charge is -2.12. The number of methoxy groups -OCH3 is 1. The fourth-order valence-corrected chi connectivity index (χ4v) is 3.16. The van der Waals surface area contributed by atoms with Gasteiger partial charge in [-0.3, -0.25) is 4.72 Å². The SMILES string of the molecule is CCc1cc(NS(=O)(=O)c2ccc(C(=O)O)cc2)ccc1OC. The topological polar surface area (TPSA) is 92.7 Å². The molecule has 6 nitrogen and oxygen atoms in total. The van der Waals surface area contributed by atoms with Crippen LogP contribution in [0.25, 0.3) is 0 Å². The number of hydrogen-bond donors (Lipinski definition) is 2. The predicted molar refractivity (Wildman–Crippen MR) is 86.6 cm³/mol. The van der Waals surface area contributed by atoms with Gasteiger partial charge in [-0.05, 0) is 54.4 Å². The van der Waals surface area contributed by atoms with Crippen molar-refractivity contribution >= 4 is 21.7 Å². The number of sulfonamides is 1. The lowest BCUT2D eigenvalue weighted by molar-refractivity contribution is 0.0696. The zero-order valence-electron chi connectivity index (χ0n) is 12.7. The highest BCUT2D eigenvalue weighted by atomic mass is 32.2. The Morgan fingerprint density at radius 3 is 2.35 bits per heavy atom. The van der Waals surface area contributed by atoms with E-state index in [1.807, 2.05) is 6.92 Å². The van der Waals surface area contributed by atoms with Gasteiger partial charge in [0.15, 0.2) is 0 Å². The molecule has 0 fully saturated rings. The van der Waals surface area contributed by atoms with E-state index in [1.54, 1.807) is 25.3 Å². The quantitative estimate of drug-likeness (QED) is 0.847. The van der Waals surface area contributed by atoms with Crippen LogP contribution in [-0.4, -0.2) is 26.6 Å². The molecule has 0 spiro atoms. The molecular weight excluding hydrogens is 318 g/mol. The van der Waals surface area contributed by atoms with Crippen molar-refractivity contribution in [2.45, 2.75) is 18.2 Å². The first kappa shape index (κ1) is 16.8. The van der Waals surface area contributed by atoms with Crippen LogP contribution in [0.4, 0.5) is 5.69 Å². The number of hydrogen-bond acceptors (Lipinski definition) is 4. The van der Waals surface area contributed by atoms with Crippen LogP contribution in [0.1, 0.15) is 22.8 Å². The molecule has 0 unspecified atom stereocenters. The third-order valence-electron chi connectivity index (χ3n) is 3.33. The molecule has 122 valence electrons. The minimum absolute atomic E-state index is 0.00336. The van der Waals surface area contributed by atoms with E-state index in [2.05, 4.69) is 4.72 Å². The van der Waals surface area contributed by atoms with Crippen molar-refractivity contribution in [3.63, 3.8) is 0 Å². The summed E-state index contributed by atoms with van der Waals surface area (Å²) in [5.74, 6) is -0.411. The number of nitrogens with one attached hydrogen (secondary N) is 1. The summed E-state index contributed by atoms with van der Waals surface area (Å²) < 4.78 is 32.4. The Labute approximate surface area is 134 Å². The van der Waals surface area contributed by atoms with Gasteiger partial charge in [-0.15, -0.1) is 0 Å². The summed E-state index contributed by atoms with van der Waals surface area (Å²) in [6.45, 7) is 1.95. The van der Waals surface area contributed by atoms with E-state index < -0.39 is 16.0 Å². The monoisotopic (exact) mass is 335 g/mol. The number of carboxylic acids is 1. The van der Waals surface area contributed by atoms with Crippen molar-refractivity contribution in [2.75, 3.05) is 11.8 Å². The van der Waals surface area contributed by atoms with Gasteiger partial charge in [0.2, 0.25) is 0 Å². The predicted octanol–water partition coefficient (Wildman–Crippen LogP) is 2.76. The van der Waals surface area contributed by atoms with Crippen LogP contribution in [0, 0.1) is 0 Å². The van der Waals surface area contributed by atoms with Gasteiger partial charge >= 0.3 is 5.97 Å². The second-order valence-electron chi connectivity index (χ2n) is 4.82. The molecule has 0 saturated carbocycles. The van der Waals surface area contributed by atoms with Crippen molar-refractivity contribution in [2.24, 2.45) is 0 Å². The molecule has 0 aromatic heterocycles. The molecule has 0 aliphatic rings. The van der Waals surface area contributed by atoms with E-state index in [-0.39, 0.29) is 10.5 Å². The Morgan fingerprint density at radius 2 is 1.83 bits per heavy atom. The van der Waals surface area contributed by atoms with Crippen molar-refractivity contribution in [3.8, 4) is 5.75 Å². The largest absolute Gasteiger partial charge is 0.496 e. The molecule has 23 heavy (non-hydrogen) atoms. The molecule has 2 N–H and O–H groups in total. The number of aryl methyl sites for hydroxylation is 1. The third kappa shape index (κ3) is 3.81. The Hall–Kier alpha value is -2.54. The van der Waals surface area contributed by atoms with Crippen LogP contribution < -0.4 is 9.46 Å². The highest BCUT2D eigenvalue weighted by molar-refractivity contribution is 7.92. The summed E-state index contributed by atoms with van der Waals surface area (Å²) in [6.07, 6.45) is 0.700. The van der Waals surface area contributed by atoms with Crippen LogP contribution in [0.5, 0.6) is 5.75 Å². The smallest absolute Gasteiger partial charge is 0.335 e. The summed E-state index contributed by atoms with van der Waals surface area (Å²) in [6, 6.07) is 10.0. The zero-order valence-corrected chi connectivity index (χ0v) is 13.6. The first-order valence-corrected chi connectivity index (χ1v) is 8.38. The summed E-state index contributed by atoms with van der Waals surface area (Å²) in [4.78, 5) is 10.8. The van der Waals surface area contributed by atoms with Crippen molar-refractivity contribution in [3.05, 3.63) is 53.6 Å². The molecule has 7 heteroatoms. The molecule has 0 bridgehead atoms. The number of carbonyl (C=O) groups is 1. The van der Waals surface area contributed by atoms with Crippen LogP contribution in [0.15, 0.2) is 47.4 Å². The number of ether oxygens (including phenoxy) is 1.